The smallest absolute Gasteiger partial charge is 0.116 e. The predicted molar refractivity (Wildman–Crippen MR) is 59.4 cm³/mol. The lowest BCUT2D eigenvalue weighted by molar-refractivity contribution is 0.474. The van der Waals surface area contributed by atoms with Gasteiger partial charge in [-0.05, 0) is 37.1 Å². The third kappa shape index (κ3) is 2.49. The monoisotopic (exact) mass is 192 g/mol. The van der Waals surface area contributed by atoms with Gasteiger partial charge in [-0.15, -0.1) is 0 Å². The highest BCUT2D eigenvalue weighted by Crippen LogP contribution is 2.27. The number of hydrogen-bond donors (Lipinski definition) is 1. The standard InChI is InChI=1S/C11H16N2O/c1-8-5-10(14)6-9(2)11(8)12-7-13(3)4/h5-7,14H,1-4H3. The number of aromatic hydroxyl groups is 1. The van der Waals surface area contributed by atoms with Crippen LogP contribution in [-0.4, -0.2) is 30.4 Å². The summed E-state index contributed by atoms with van der Waals surface area (Å²) in [6, 6.07) is 3.44. The summed E-state index contributed by atoms with van der Waals surface area (Å²) in [5, 5.41) is 9.33. The van der Waals surface area contributed by atoms with Gasteiger partial charge < -0.3 is 10.0 Å². The average Bonchev–Trinajstić information content (AvgIpc) is 2.01. The van der Waals surface area contributed by atoms with Crippen LogP contribution < -0.4 is 0 Å². The van der Waals surface area contributed by atoms with E-state index in [1.54, 1.807) is 18.5 Å². The summed E-state index contributed by atoms with van der Waals surface area (Å²) >= 11 is 0. The van der Waals surface area contributed by atoms with E-state index < -0.39 is 0 Å². The van der Waals surface area contributed by atoms with Crippen LogP contribution in [0.1, 0.15) is 11.1 Å². The second-order valence-corrected chi connectivity index (χ2v) is 3.64. The first-order valence-corrected chi connectivity index (χ1v) is 4.51. The van der Waals surface area contributed by atoms with E-state index in [0.29, 0.717) is 5.75 Å². The number of hydrogen-bond acceptors (Lipinski definition) is 2. The maximum absolute atomic E-state index is 9.33. The molecule has 0 saturated carbocycles. The van der Waals surface area contributed by atoms with Crippen LogP contribution in [-0.2, 0) is 0 Å². The van der Waals surface area contributed by atoms with Crippen LogP contribution in [0.5, 0.6) is 5.75 Å². The second-order valence-electron chi connectivity index (χ2n) is 3.64. The van der Waals surface area contributed by atoms with Crippen LogP contribution in [0.2, 0.25) is 0 Å². The Balaban J connectivity index is 3.09. The zero-order chi connectivity index (χ0) is 10.7. The van der Waals surface area contributed by atoms with E-state index in [1.165, 1.54) is 0 Å². The molecule has 1 aromatic carbocycles. The quantitative estimate of drug-likeness (QED) is 0.576. The lowest BCUT2D eigenvalue weighted by Crippen LogP contribution is -2.07. The third-order valence-corrected chi connectivity index (χ3v) is 1.89. The van der Waals surface area contributed by atoms with Crippen LogP contribution in [0.3, 0.4) is 0 Å². The highest BCUT2D eigenvalue weighted by Gasteiger charge is 2.02. The number of aliphatic imine (C=N–C) groups is 1. The summed E-state index contributed by atoms with van der Waals surface area (Å²) < 4.78 is 0. The number of rotatable bonds is 2. The Morgan fingerprint density at radius 1 is 1.21 bits per heavy atom. The van der Waals surface area contributed by atoms with Gasteiger partial charge in [-0.3, -0.25) is 0 Å². The minimum atomic E-state index is 0.295. The molecular formula is C11H16N2O. The zero-order valence-electron chi connectivity index (χ0n) is 9.07. The Kier molecular flexibility index (Phi) is 3.12. The van der Waals surface area contributed by atoms with Crippen LogP contribution in [0, 0.1) is 13.8 Å². The highest BCUT2D eigenvalue weighted by molar-refractivity contribution is 5.65. The van der Waals surface area contributed by atoms with E-state index in [9.17, 15) is 5.11 Å². The van der Waals surface area contributed by atoms with Crippen LogP contribution >= 0.6 is 0 Å². The van der Waals surface area contributed by atoms with E-state index in [-0.39, 0.29) is 0 Å². The number of phenols is 1. The molecule has 14 heavy (non-hydrogen) atoms. The van der Waals surface area contributed by atoms with Gasteiger partial charge in [-0.1, -0.05) is 0 Å². The summed E-state index contributed by atoms with van der Waals surface area (Å²) in [4.78, 5) is 6.22. The molecule has 0 unspecified atom stereocenters. The van der Waals surface area contributed by atoms with Crippen molar-refractivity contribution in [3.63, 3.8) is 0 Å². The van der Waals surface area contributed by atoms with Crippen molar-refractivity contribution in [3.8, 4) is 5.75 Å². The van der Waals surface area contributed by atoms with Crippen molar-refractivity contribution in [3.05, 3.63) is 23.3 Å². The van der Waals surface area contributed by atoms with E-state index in [1.807, 2.05) is 32.8 Å². The van der Waals surface area contributed by atoms with Gasteiger partial charge >= 0.3 is 0 Å². The Labute approximate surface area is 84.7 Å². The van der Waals surface area contributed by atoms with Crippen molar-refractivity contribution < 1.29 is 5.11 Å². The Bertz CT molecular complexity index is 333. The van der Waals surface area contributed by atoms with Crippen LogP contribution in [0.4, 0.5) is 5.69 Å². The molecule has 0 radical (unpaired) electrons. The van der Waals surface area contributed by atoms with Crippen molar-refractivity contribution in [2.75, 3.05) is 14.1 Å². The van der Waals surface area contributed by atoms with Gasteiger partial charge in [0.1, 0.15) is 5.75 Å². The van der Waals surface area contributed by atoms with Gasteiger partial charge in [-0.25, -0.2) is 4.99 Å². The van der Waals surface area contributed by atoms with Crippen LogP contribution in [0.25, 0.3) is 0 Å². The molecule has 0 fully saturated rings. The maximum atomic E-state index is 9.33. The number of nitrogens with zero attached hydrogens (tertiary/aromatic N) is 2. The van der Waals surface area contributed by atoms with Crippen molar-refractivity contribution in [1.82, 2.24) is 4.90 Å². The predicted octanol–water partition coefficient (Wildman–Crippen LogP) is 2.23. The topological polar surface area (TPSA) is 35.8 Å². The van der Waals surface area contributed by atoms with Crippen molar-refractivity contribution in [1.29, 1.82) is 0 Å². The fourth-order valence-electron chi connectivity index (χ4n) is 1.31. The van der Waals surface area contributed by atoms with Crippen molar-refractivity contribution in [2.24, 2.45) is 4.99 Å². The van der Waals surface area contributed by atoms with E-state index in [0.717, 1.165) is 16.8 Å². The molecule has 0 spiro atoms. The van der Waals surface area contributed by atoms with Crippen molar-refractivity contribution in [2.45, 2.75) is 13.8 Å². The first kappa shape index (κ1) is 10.6. The molecule has 0 aliphatic carbocycles. The first-order chi connectivity index (χ1) is 6.50. The molecule has 76 valence electrons. The summed E-state index contributed by atoms with van der Waals surface area (Å²) in [5.74, 6) is 0.295. The van der Waals surface area contributed by atoms with Gasteiger partial charge in [0.05, 0.1) is 12.0 Å². The van der Waals surface area contributed by atoms with E-state index >= 15 is 0 Å². The molecule has 0 heterocycles. The molecule has 3 heteroatoms. The molecule has 0 bridgehead atoms. The fourth-order valence-corrected chi connectivity index (χ4v) is 1.31. The van der Waals surface area contributed by atoms with Gasteiger partial charge in [0.2, 0.25) is 0 Å². The summed E-state index contributed by atoms with van der Waals surface area (Å²) in [7, 11) is 3.85. The summed E-state index contributed by atoms with van der Waals surface area (Å²) in [5.41, 5.74) is 2.90. The summed E-state index contributed by atoms with van der Waals surface area (Å²) in [6.07, 6.45) is 1.76. The van der Waals surface area contributed by atoms with Crippen LogP contribution in [0.15, 0.2) is 17.1 Å². The molecular weight excluding hydrogens is 176 g/mol. The lowest BCUT2D eigenvalue weighted by atomic mass is 10.1. The number of benzene rings is 1. The Morgan fingerprint density at radius 2 is 1.71 bits per heavy atom. The molecule has 0 aliphatic rings. The minimum Gasteiger partial charge on any atom is -0.508 e. The molecule has 0 aliphatic heterocycles. The molecule has 0 atom stereocenters. The average molecular weight is 192 g/mol. The molecule has 0 amide bonds. The normalized spacial score (nSPS) is 10.9. The lowest BCUT2D eigenvalue weighted by Gasteiger charge is -2.07. The van der Waals surface area contributed by atoms with E-state index in [4.69, 9.17) is 0 Å². The Hall–Kier alpha value is -1.51. The fraction of sp³-hybridized carbons (Fsp3) is 0.364. The molecule has 1 N–H and O–H groups in total. The SMILES string of the molecule is Cc1cc(O)cc(C)c1N=CN(C)C. The largest absolute Gasteiger partial charge is 0.508 e. The number of aryl methyl sites for hydroxylation is 2. The maximum Gasteiger partial charge on any atom is 0.116 e. The van der Waals surface area contributed by atoms with E-state index in [2.05, 4.69) is 4.99 Å². The van der Waals surface area contributed by atoms with Gasteiger partial charge in [0, 0.05) is 14.1 Å². The zero-order valence-corrected chi connectivity index (χ0v) is 9.07. The summed E-state index contributed by atoms with van der Waals surface area (Å²) in [6.45, 7) is 3.88. The first-order valence-electron chi connectivity index (χ1n) is 4.51. The molecule has 0 saturated heterocycles. The second kappa shape index (κ2) is 4.13. The number of phenolic OH excluding ortho intramolecular Hbond substituents is 1. The molecule has 1 rings (SSSR count). The van der Waals surface area contributed by atoms with Crippen molar-refractivity contribution >= 4 is 12.0 Å². The highest BCUT2D eigenvalue weighted by atomic mass is 16.3. The third-order valence-electron chi connectivity index (χ3n) is 1.89. The van der Waals surface area contributed by atoms with Gasteiger partial charge in [-0.2, -0.15) is 0 Å². The van der Waals surface area contributed by atoms with Gasteiger partial charge in [0.15, 0.2) is 0 Å². The molecule has 0 aromatic heterocycles. The van der Waals surface area contributed by atoms with Gasteiger partial charge in [0.25, 0.3) is 0 Å². The molecule has 1 aromatic rings. The Morgan fingerprint density at radius 3 is 2.14 bits per heavy atom. The molecule has 3 nitrogen and oxygen atoms in total. The minimum absolute atomic E-state index is 0.295.